The predicted molar refractivity (Wildman–Crippen MR) is 72.6 cm³/mol. The molecule has 2 atom stereocenters. The maximum atomic E-state index is 13.3. The zero-order valence-electron chi connectivity index (χ0n) is 11.9. The normalized spacial score (nSPS) is 32.9. The Labute approximate surface area is 118 Å². The average Bonchev–Trinajstić information content (AvgIpc) is 2.40. The van der Waals surface area contributed by atoms with E-state index in [1.807, 2.05) is 0 Å². The first-order valence-electron chi connectivity index (χ1n) is 7.11. The van der Waals surface area contributed by atoms with Gasteiger partial charge in [0, 0.05) is 12.8 Å². The highest BCUT2D eigenvalue weighted by atomic mass is 19.1. The summed E-state index contributed by atoms with van der Waals surface area (Å²) in [6.07, 6.45) is 2.58. The van der Waals surface area contributed by atoms with Crippen LogP contribution >= 0.6 is 0 Å². The maximum Gasteiger partial charge on any atom is 0.170 e. The minimum atomic E-state index is -0.495. The molecule has 3 nitrogen and oxygen atoms in total. The molecule has 0 N–H and O–H groups in total. The summed E-state index contributed by atoms with van der Waals surface area (Å²) in [4.78, 5) is 12.3. The summed E-state index contributed by atoms with van der Waals surface area (Å²) in [6.45, 7) is 4.73. The van der Waals surface area contributed by atoms with Crippen molar-refractivity contribution < 1.29 is 18.7 Å². The molecule has 2 aliphatic rings. The SMILES string of the molecule is CCC1(C)CC2(CCO1)CC(=O)c1cc(F)ccc1O2. The van der Waals surface area contributed by atoms with E-state index in [0.717, 1.165) is 6.42 Å². The highest BCUT2D eigenvalue weighted by Gasteiger charge is 2.48. The van der Waals surface area contributed by atoms with E-state index in [0.29, 0.717) is 37.2 Å². The van der Waals surface area contributed by atoms with Crippen molar-refractivity contribution in [2.24, 2.45) is 0 Å². The van der Waals surface area contributed by atoms with E-state index < -0.39 is 11.4 Å². The van der Waals surface area contributed by atoms with Crippen LogP contribution < -0.4 is 4.74 Å². The Bertz CT molecular complexity index is 557. The van der Waals surface area contributed by atoms with E-state index in [2.05, 4.69) is 13.8 Å². The zero-order chi connectivity index (χ0) is 14.4. The predicted octanol–water partition coefficient (Wildman–Crippen LogP) is 3.51. The van der Waals surface area contributed by atoms with Gasteiger partial charge in [0.15, 0.2) is 5.78 Å². The molecule has 20 heavy (non-hydrogen) atoms. The standard InChI is InChI=1S/C16H19FO3/c1-3-15(2)10-16(6-7-19-15)9-13(18)12-8-11(17)4-5-14(12)20-16/h4-5,8H,3,6-7,9-10H2,1-2H3. The third-order valence-electron chi connectivity index (χ3n) is 4.50. The summed E-state index contributed by atoms with van der Waals surface area (Å²) in [6, 6.07) is 4.16. The minimum Gasteiger partial charge on any atom is -0.486 e. The number of rotatable bonds is 1. The lowest BCUT2D eigenvalue weighted by Crippen LogP contribution is -2.53. The van der Waals surface area contributed by atoms with Crippen LogP contribution in [0.2, 0.25) is 0 Å². The van der Waals surface area contributed by atoms with Gasteiger partial charge in [-0.2, -0.15) is 0 Å². The second-order valence-corrected chi connectivity index (χ2v) is 6.10. The Balaban J connectivity index is 1.94. The molecule has 0 aliphatic carbocycles. The van der Waals surface area contributed by atoms with Crippen molar-refractivity contribution in [2.45, 2.75) is 50.7 Å². The number of hydrogen-bond donors (Lipinski definition) is 0. The number of carbonyl (C=O) groups is 1. The third-order valence-corrected chi connectivity index (χ3v) is 4.50. The Hall–Kier alpha value is -1.42. The summed E-state index contributed by atoms with van der Waals surface area (Å²) in [5.41, 5.74) is -0.388. The molecule has 3 rings (SSSR count). The summed E-state index contributed by atoms with van der Waals surface area (Å²) in [5, 5.41) is 0. The number of ether oxygens (including phenoxy) is 2. The van der Waals surface area contributed by atoms with E-state index >= 15 is 0 Å². The molecule has 1 saturated heterocycles. The Kier molecular flexibility index (Phi) is 3.09. The average molecular weight is 278 g/mol. The fourth-order valence-electron chi connectivity index (χ4n) is 3.24. The smallest absolute Gasteiger partial charge is 0.170 e. The van der Waals surface area contributed by atoms with Crippen molar-refractivity contribution >= 4 is 5.78 Å². The van der Waals surface area contributed by atoms with Crippen LogP contribution in [0, 0.1) is 5.82 Å². The van der Waals surface area contributed by atoms with Gasteiger partial charge >= 0.3 is 0 Å². The number of benzene rings is 1. The van der Waals surface area contributed by atoms with Crippen molar-refractivity contribution in [3.63, 3.8) is 0 Å². The fourth-order valence-corrected chi connectivity index (χ4v) is 3.24. The van der Waals surface area contributed by atoms with Crippen molar-refractivity contribution in [3.05, 3.63) is 29.6 Å². The van der Waals surface area contributed by atoms with Crippen LogP contribution in [0.15, 0.2) is 18.2 Å². The number of halogens is 1. The second kappa shape index (κ2) is 4.55. The van der Waals surface area contributed by atoms with Crippen LogP contribution in [0.1, 0.15) is 49.9 Å². The number of Topliss-reactive ketones (excluding diaryl/α,β-unsaturated/α-hetero) is 1. The lowest BCUT2D eigenvalue weighted by molar-refractivity contribution is -0.144. The number of fused-ring (bicyclic) bond motifs is 1. The monoisotopic (exact) mass is 278 g/mol. The zero-order valence-corrected chi connectivity index (χ0v) is 11.9. The van der Waals surface area contributed by atoms with Gasteiger partial charge in [-0.15, -0.1) is 0 Å². The summed E-state index contributed by atoms with van der Waals surface area (Å²) in [7, 11) is 0. The molecule has 2 aliphatic heterocycles. The number of hydrogen-bond acceptors (Lipinski definition) is 3. The Morgan fingerprint density at radius 3 is 2.95 bits per heavy atom. The first kappa shape index (κ1) is 13.6. The topological polar surface area (TPSA) is 35.5 Å². The molecule has 0 radical (unpaired) electrons. The van der Waals surface area contributed by atoms with Gasteiger partial charge in [-0.1, -0.05) is 6.92 Å². The minimum absolute atomic E-state index is 0.0360. The molecule has 1 aromatic carbocycles. The molecule has 0 saturated carbocycles. The Morgan fingerprint density at radius 2 is 2.20 bits per heavy atom. The summed E-state index contributed by atoms with van der Waals surface area (Å²) < 4.78 is 25.2. The van der Waals surface area contributed by atoms with Gasteiger partial charge in [0.05, 0.1) is 24.2 Å². The van der Waals surface area contributed by atoms with E-state index in [1.165, 1.54) is 12.1 Å². The van der Waals surface area contributed by atoms with Crippen molar-refractivity contribution in [1.82, 2.24) is 0 Å². The van der Waals surface area contributed by atoms with Crippen LogP contribution in [0.3, 0.4) is 0 Å². The van der Waals surface area contributed by atoms with Gasteiger partial charge in [0.2, 0.25) is 0 Å². The largest absolute Gasteiger partial charge is 0.486 e. The first-order chi connectivity index (χ1) is 9.45. The molecular formula is C16H19FO3. The lowest BCUT2D eigenvalue weighted by atomic mass is 9.76. The van der Waals surface area contributed by atoms with E-state index in [-0.39, 0.29) is 11.4 Å². The van der Waals surface area contributed by atoms with Crippen molar-refractivity contribution in [3.8, 4) is 5.75 Å². The lowest BCUT2D eigenvalue weighted by Gasteiger charge is -2.47. The van der Waals surface area contributed by atoms with Crippen molar-refractivity contribution in [1.29, 1.82) is 0 Å². The van der Waals surface area contributed by atoms with Crippen LogP contribution in [0.4, 0.5) is 4.39 Å². The molecule has 4 heteroatoms. The molecule has 0 aromatic heterocycles. The van der Waals surface area contributed by atoms with Crippen LogP contribution in [-0.4, -0.2) is 23.6 Å². The van der Waals surface area contributed by atoms with Gasteiger partial charge in [0.25, 0.3) is 0 Å². The number of carbonyl (C=O) groups excluding carboxylic acids is 1. The summed E-state index contributed by atoms with van der Waals surface area (Å²) in [5.74, 6) is 0.0659. The van der Waals surface area contributed by atoms with Gasteiger partial charge in [-0.05, 0) is 31.5 Å². The van der Waals surface area contributed by atoms with Crippen LogP contribution in [0.25, 0.3) is 0 Å². The highest BCUT2D eigenvalue weighted by molar-refractivity contribution is 6.00. The molecule has 1 aromatic rings. The maximum absolute atomic E-state index is 13.3. The van der Waals surface area contributed by atoms with Gasteiger partial charge in [0.1, 0.15) is 17.2 Å². The molecule has 1 spiro atoms. The first-order valence-corrected chi connectivity index (χ1v) is 7.11. The van der Waals surface area contributed by atoms with Gasteiger partial charge in [-0.25, -0.2) is 4.39 Å². The molecule has 2 heterocycles. The van der Waals surface area contributed by atoms with Crippen molar-refractivity contribution in [2.75, 3.05) is 6.61 Å². The van der Waals surface area contributed by atoms with Gasteiger partial charge < -0.3 is 9.47 Å². The van der Waals surface area contributed by atoms with E-state index in [9.17, 15) is 9.18 Å². The molecule has 2 unspecified atom stereocenters. The van der Waals surface area contributed by atoms with E-state index in [1.54, 1.807) is 6.07 Å². The second-order valence-electron chi connectivity index (χ2n) is 6.10. The summed E-state index contributed by atoms with van der Waals surface area (Å²) >= 11 is 0. The quantitative estimate of drug-likeness (QED) is 0.788. The van der Waals surface area contributed by atoms with Crippen LogP contribution in [-0.2, 0) is 4.74 Å². The third kappa shape index (κ3) is 2.22. The highest BCUT2D eigenvalue weighted by Crippen LogP contribution is 2.44. The van der Waals surface area contributed by atoms with Gasteiger partial charge in [-0.3, -0.25) is 4.79 Å². The fraction of sp³-hybridized carbons (Fsp3) is 0.562. The number of ketones is 1. The van der Waals surface area contributed by atoms with E-state index in [4.69, 9.17) is 9.47 Å². The molecule has 1 fully saturated rings. The molecule has 0 bridgehead atoms. The Morgan fingerprint density at radius 1 is 1.40 bits per heavy atom. The molecule has 0 amide bonds. The van der Waals surface area contributed by atoms with Crippen LogP contribution in [0.5, 0.6) is 5.75 Å². The molecular weight excluding hydrogens is 259 g/mol. The molecule has 108 valence electrons.